The molecule has 0 saturated heterocycles. The van der Waals surface area contributed by atoms with E-state index in [1.165, 1.54) is 6.42 Å². The van der Waals surface area contributed by atoms with Crippen molar-refractivity contribution in [3.05, 3.63) is 12.2 Å². The van der Waals surface area contributed by atoms with Crippen LogP contribution in [0.3, 0.4) is 0 Å². The number of carbonyl (C=O) groups excluding carboxylic acids is 1. The maximum absolute atomic E-state index is 11.0. The SMILES string of the molecule is CC12C=CC(=O)C1CC2. The molecule has 2 atom stereocenters. The lowest BCUT2D eigenvalue weighted by molar-refractivity contribution is -0.123. The molecule has 0 N–H and O–H groups in total. The van der Waals surface area contributed by atoms with Crippen LogP contribution in [0.15, 0.2) is 12.2 Å². The van der Waals surface area contributed by atoms with Gasteiger partial charge in [-0.3, -0.25) is 4.79 Å². The lowest BCUT2D eigenvalue weighted by atomic mass is 9.63. The van der Waals surface area contributed by atoms with Crippen molar-refractivity contribution >= 4 is 5.78 Å². The summed E-state index contributed by atoms with van der Waals surface area (Å²) in [5.41, 5.74) is 0.275. The molecule has 0 bridgehead atoms. The van der Waals surface area contributed by atoms with E-state index in [1.54, 1.807) is 6.08 Å². The average Bonchev–Trinajstić information content (AvgIpc) is 1.93. The first kappa shape index (κ1) is 5.21. The fraction of sp³-hybridized carbons (Fsp3) is 0.625. The first-order chi connectivity index (χ1) is 4.22. The number of rotatable bonds is 0. The van der Waals surface area contributed by atoms with E-state index in [4.69, 9.17) is 0 Å². The minimum absolute atomic E-state index is 0.275. The summed E-state index contributed by atoms with van der Waals surface area (Å²) in [4.78, 5) is 11.0. The fourth-order valence-corrected chi connectivity index (χ4v) is 1.80. The minimum atomic E-state index is 0.275. The van der Waals surface area contributed by atoms with Crippen LogP contribution in [0.2, 0.25) is 0 Å². The molecule has 2 aliphatic carbocycles. The highest BCUT2D eigenvalue weighted by Crippen LogP contribution is 2.51. The zero-order valence-electron chi connectivity index (χ0n) is 5.55. The van der Waals surface area contributed by atoms with Crippen molar-refractivity contribution in [3.63, 3.8) is 0 Å². The first-order valence-corrected chi connectivity index (χ1v) is 3.45. The third-order valence-electron chi connectivity index (χ3n) is 2.74. The summed E-state index contributed by atoms with van der Waals surface area (Å²) in [6, 6.07) is 0. The molecule has 2 rings (SSSR count). The predicted octanol–water partition coefficient (Wildman–Crippen LogP) is 1.54. The van der Waals surface area contributed by atoms with Crippen molar-refractivity contribution in [2.24, 2.45) is 11.3 Å². The van der Waals surface area contributed by atoms with Crippen LogP contribution in [0, 0.1) is 11.3 Å². The van der Waals surface area contributed by atoms with E-state index in [0.29, 0.717) is 11.7 Å². The van der Waals surface area contributed by atoms with Crippen molar-refractivity contribution in [2.45, 2.75) is 19.8 Å². The molecule has 9 heavy (non-hydrogen) atoms. The summed E-state index contributed by atoms with van der Waals surface area (Å²) in [5.74, 6) is 0.709. The van der Waals surface area contributed by atoms with E-state index in [2.05, 4.69) is 13.0 Å². The van der Waals surface area contributed by atoms with Gasteiger partial charge in [-0.15, -0.1) is 0 Å². The molecule has 0 aromatic rings. The Morgan fingerprint density at radius 2 is 2.56 bits per heavy atom. The van der Waals surface area contributed by atoms with Crippen LogP contribution >= 0.6 is 0 Å². The zero-order valence-corrected chi connectivity index (χ0v) is 5.55. The van der Waals surface area contributed by atoms with E-state index < -0.39 is 0 Å². The van der Waals surface area contributed by atoms with Crippen LogP contribution in [0.5, 0.6) is 0 Å². The quantitative estimate of drug-likeness (QED) is 0.476. The number of hydrogen-bond donors (Lipinski definition) is 0. The maximum atomic E-state index is 11.0. The summed E-state index contributed by atoms with van der Waals surface area (Å²) in [5, 5.41) is 0. The third kappa shape index (κ3) is 0.473. The minimum Gasteiger partial charge on any atom is -0.295 e. The highest BCUT2D eigenvalue weighted by Gasteiger charge is 2.47. The van der Waals surface area contributed by atoms with Crippen molar-refractivity contribution < 1.29 is 4.79 Å². The fourth-order valence-electron chi connectivity index (χ4n) is 1.80. The maximum Gasteiger partial charge on any atom is 0.159 e. The standard InChI is InChI=1S/C8H10O/c1-8-4-2-6(8)7(9)3-5-8/h3,5-6H,2,4H2,1H3. The Kier molecular flexibility index (Phi) is 0.743. The summed E-state index contributed by atoms with van der Waals surface area (Å²) in [7, 11) is 0. The Hall–Kier alpha value is -0.590. The number of carbonyl (C=O) groups is 1. The Morgan fingerprint density at radius 3 is 2.78 bits per heavy atom. The van der Waals surface area contributed by atoms with E-state index in [-0.39, 0.29) is 5.41 Å². The van der Waals surface area contributed by atoms with Gasteiger partial charge in [0.2, 0.25) is 0 Å². The topological polar surface area (TPSA) is 17.1 Å². The summed E-state index contributed by atoms with van der Waals surface area (Å²) >= 11 is 0. The first-order valence-electron chi connectivity index (χ1n) is 3.45. The molecule has 1 fully saturated rings. The lowest BCUT2D eigenvalue weighted by Crippen LogP contribution is -2.36. The molecule has 0 aromatic heterocycles. The normalized spacial score (nSPS) is 46.8. The second kappa shape index (κ2) is 1.28. The van der Waals surface area contributed by atoms with Gasteiger partial charge in [0.05, 0.1) is 0 Å². The van der Waals surface area contributed by atoms with Gasteiger partial charge in [-0.25, -0.2) is 0 Å². The van der Waals surface area contributed by atoms with E-state index in [9.17, 15) is 4.79 Å². The molecule has 0 spiro atoms. The Bertz CT molecular complexity index is 193. The van der Waals surface area contributed by atoms with Crippen LogP contribution in [0.1, 0.15) is 19.8 Å². The molecule has 1 nitrogen and oxygen atoms in total. The lowest BCUT2D eigenvalue weighted by Gasteiger charge is -2.39. The Morgan fingerprint density at radius 1 is 1.78 bits per heavy atom. The molecule has 1 heteroatoms. The highest BCUT2D eigenvalue weighted by atomic mass is 16.1. The number of fused-ring (bicyclic) bond motifs is 1. The molecule has 0 aliphatic heterocycles. The Labute approximate surface area is 54.8 Å². The van der Waals surface area contributed by atoms with Crippen LogP contribution in [0.4, 0.5) is 0 Å². The van der Waals surface area contributed by atoms with Gasteiger partial charge < -0.3 is 0 Å². The third-order valence-corrected chi connectivity index (χ3v) is 2.74. The molecular formula is C8H10O. The Balaban J connectivity index is 2.33. The summed E-state index contributed by atoms with van der Waals surface area (Å²) < 4.78 is 0. The van der Waals surface area contributed by atoms with Crippen molar-refractivity contribution in [1.82, 2.24) is 0 Å². The van der Waals surface area contributed by atoms with E-state index >= 15 is 0 Å². The van der Waals surface area contributed by atoms with Crippen LogP contribution in [-0.4, -0.2) is 5.78 Å². The van der Waals surface area contributed by atoms with Gasteiger partial charge in [0.15, 0.2) is 5.78 Å². The van der Waals surface area contributed by atoms with Gasteiger partial charge in [-0.2, -0.15) is 0 Å². The molecular weight excluding hydrogens is 112 g/mol. The largest absolute Gasteiger partial charge is 0.295 e. The van der Waals surface area contributed by atoms with Crippen molar-refractivity contribution in [2.75, 3.05) is 0 Å². The smallest absolute Gasteiger partial charge is 0.159 e. The number of hydrogen-bond acceptors (Lipinski definition) is 1. The molecule has 0 heterocycles. The molecule has 0 amide bonds. The number of allylic oxidation sites excluding steroid dienone is 2. The molecule has 0 radical (unpaired) electrons. The molecule has 2 aliphatic rings. The average molecular weight is 122 g/mol. The molecule has 48 valence electrons. The second-order valence-electron chi connectivity index (χ2n) is 3.33. The van der Waals surface area contributed by atoms with Crippen molar-refractivity contribution in [1.29, 1.82) is 0 Å². The second-order valence-corrected chi connectivity index (χ2v) is 3.33. The molecule has 1 saturated carbocycles. The van der Waals surface area contributed by atoms with Crippen LogP contribution < -0.4 is 0 Å². The molecule has 2 unspecified atom stereocenters. The van der Waals surface area contributed by atoms with Gasteiger partial charge in [0.25, 0.3) is 0 Å². The van der Waals surface area contributed by atoms with Crippen LogP contribution in [0.25, 0.3) is 0 Å². The van der Waals surface area contributed by atoms with Crippen LogP contribution in [-0.2, 0) is 4.79 Å². The summed E-state index contributed by atoms with van der Waals surface area (Å²) in [6.07, 6.45) is 6.14. The van der Waals surface area contributed by atoms with E-state index in [1.807, 2.05) is 0 Å². The molecule has 0 aromatic carbocycles. The van der Waals surface area contributed by atoms with Crippen molar-refractivity contribution in [3.8, 4) is 0 Å². The van der Waals surface area contributed by atoms with Gasteiger partial charge >= 0.3 is 0 Å². The zero-order chi connectivity index (χ0) is 6.48. The van der Waals surface area contributed by atoms with Gasteiger partial charge in [0.1, 0.15) is 0 Å². The van der Waals surface area contributed by atoms with Gasteiger partial charge in [0, 0.05) is 5.92 Å². The summed E-state index contributed by atoms with van der Waals surface area (Å²) in [6.45, 7) is 2.17. The number of ketones is 1. The predicted molar refractivity (Wildman–Crippen MR) is 35.0 cm³/mol. The van der Waals surface area contributed by atoms with Gasteiger partial charge in [-0.1, -0.05) is 13.0 Å². The van der Waals surface area contributed by atoms with E-state index in [0.717, 1.165) is 6.42 Å². The van der Waals surface area contributed by atoms with Gasteiger partial charge in [-0.05, 0) is 24.3 Å². The highest BCUT2D eigenvalue weighted by molar-refractivity contribution is 5.96. The monoisotopic (exact) mass is 122 g/mol.